The van der Waals surface area contributed by atoms with Crippen molar-refractivity contribution in [2.45, 2.75) is 119 Å². The minimum atomic E-state index is 0.326. The average molecular weight is 719 g/mol. The number of hydrogen-bond donors (Lipinski definition) is 0. The van der Waals surface area contributed by atoms with E-state index in [0.29, 0.717) is 35.5 Å². The Hall–Kier alpha value is -4.56. The van der Waals surface area contributed by atoms with Crippen molar-refractivity contribution in [3.8, 4) is 44.9 Å². The van der Waals surface area contributed by atoms with Crippen LogP contribution in [0.4, 0.5) is 0 Å². The van der Waals surface area contributed by atoms with E-state index < -0.39 is 0 Å². The normalized spacial score (nSPS) is 12.1. The zero-order chi connectivity index (χ0) is 39.2. The van der Waals surface area contributed by atoms with Crippen molar-refractivity contribution in [3.63, 3.8) is 0 Å². The maximum Gasteiger partial charge on any atom is 0.135 e. The molecule has 0 radical (unpaired) electrons. The van der Waals surface area contributed by atoms with E-state index in [4.69, 9.17) is 9.47 Å². The molecule has 0 bridgehead atoms. The molecule has 0 N–H and O–H groups in total. The largest absolute Gasteiger partial charge is 0.495 e. The van der Waals surface area contributed by atoms with Gasteiger partial charge in [0.2, 0.25) is 0 Å². The summed E-state index contributed by atoms with van der Waals surface area (Å²) in [6.45, 7) is 27.8. The predicted molar refractivity (Wildman–Crippen MR) is 235 cm³/mol. The third-order valence-electron chi connectivity index (χ3n) is 11.5. The van der Waals surface area contributed by atoms with Crippen LogP contribution < -0.4 is 9.47 Å². The first kappa shape index (κ1) is 39.1. The van der Waals surface area contributed by atoms with Crippen LogP contribution in [0.15, 0.2) is 84.9 Å². The maximum atomic E-state index is 6.75. The molecule has 0 saturated heterocycles. The van der Waals surface area contributed by atoms with Gasteiger partial charge in [-0.3, -0.25) is 0 Å². The first-order chi connectivity index (χ1) is 25.7. The topological polar surface area (TPSA) is 18.5 Å². The summed E-state index contributed by atoms with van der Waals surface area (Å²) in [7, 11) is 3.70. The summed E-state index contributed by atoms with van der Waals surface area (Å²) in [5, 5.41) is 4.67. The number of rotatable bonds is 11. The van der Waals surface area contributed by atoms with Crippen LogP contribution in [0.25, 0.3) is 54.9 Å². The fourth-order valence-corrected chi connectivity index (χ4v) is 8.48. The molecule has 54 heavy (non-hydrogen) atoms. The molecule has 0 atom stereocenters. The Balaban J connectivity index is 1.86. The van der Waals surface area contributed by atoms with E-state index >= 15 is 0 Å². The quantitative estimate of drug-likeness (QED) is 0.133. The van der Waals surface area contributed by atoms with Gasteiger partial charge >= 0.3 is 0 Å². The van der Waals surface area contributed by atoms with E-state index in [1.54, 1.807) is 0 Å². The number of fused-ring (bicyclic) bond motifs is 2. The predicted octanol–water partition coefficient (Wildman–Crippen LogP) is 15.8. The minimum absolute atomic E-state index is 0.326. The lowest BCUT2D eigenvalue weighted by Crippen LogP contribution is -2.06. The SMILES string of the molecule is COc1c(-c2c(C(C)C)cc(C(C)C)cc2C(C)C)cc2ccccc2c1-c1c(OC)c(-c2c(C(C)C)cc(C(C)C)cc2C(C)C)cc2ccccc12. The van der Waals surface area contributed by atoms with Gasteiger partial charge in [-0.2, -0.15) is 0 Å². The van der Waals surface area contributed by atoms with Crippen molar-refractivity contribution in [2.24, 2.45) is 0 Å². The van der Waals surface area contributed by atoms with Crippen molar-refractivity contribution in [2.75, 3.05) is 14.2 Å². The maximum absolute atomic E-state index is 6.75. The summed E-state index contributed by atoms with van der Waals surface area (Å²) in [5.74, 6) is 3.95. The number of methoxy groups -OCH3 is 2. The van der Waals surface area contributed by atoms with Gasteiger partial charge in [-0.15, -0.1) is 0 Å². The van der Waals surface area contributed by atoms with Crippen LogP contribution in [0.5, 0.6) is 11.5 Å². The van der Waals surface area contributed by atoms with Crippen molar-refractivity contribution in [1.29, 1.82) is 0 Å². The second kappa shape index (κ2) is 15.7. The van der Waals surface area contributed by atoms with Gasteiger partial charge in [0.05, 0.1) is 14.2 Å². The van der Waals surface area contributed by atoms with Gasteiger partial charge in [-0.25, -0.2) is 0 Å². The Kier molecular flexibility index (Phi) is 11.4. The average Bonchev–Trinajstić information content (AvgIpc) is 3.14. The van der Waals surface area contributed by atoms with Gasteiger partial charge in [0.1, 0.15) is 11.5 Å². The molecule has 282 valence electrons. The lowest BCUT2D eigenvalue weighted by molar-refractivity contribution is 0.412. The molecule has 6 aromatic carbocycles. The lowest BCUT2D eigenvalue weighted by Gasteiger charge is -2.28. The molecular formula is C52H62O2. The molecule has 0 saturated carbocycles. The molecule has 6 aromatic rings. The first-order valence-corrected chi connectivity index (χ1v) is 20.3. The van der Waals surface area contributed by atoms with Crippen molar-refractivity contribution in [1.82, 2.24) is 0 Å². The summed E-state index contributed by atoms with van der Waals surface area (Å²) < 4.78 is 13.5. The Morgan fingerprint density at radius 3 is 0.907 bits per heavy atom. The van der Waals surface area contributed by atoms with Gasteiger partial charge < -0.3 is 9.47 Å². The highest BCUT2D eigenvalue weighted by atomic mass is 16.5. The molecule has 0 amide bonds. The van der Waals surface area contributed by atoms with E-state index in [1.165, 1.54) is 55.3 Å². The van der Waals surface area contributed by atoms with Gasteiger partial charge in [0.15, 0.2) is 0 Å². The smallest absolute Gasteiger partial charge is 0.135 e. The molecule has 2 heteroatoms. The highest BCUT2D eigenvalue weighted by molar-refractivity contribution is 6.14. The van der Waals surface area contributed by atoms with Crippen molar-refractivity contribution >= 4 is 21.5 Å². The molecule has 6 rings (SSSR count). The summed E-state index contributed by atoms with van der Waals surface area (Å²) in [6, 6.07) is 32.2. The summed E-state index contributed by atoms with van der Waals surface area (Å²) in [5.41, 5.74) is 15.2. The van der Waals surface area contributed by atoms with Crippen LogP contribution in [-0.2, 0) is 0 Å². The molecule has 0 aliphatic rings. The van der Waals surface area contributed by atoms with Gasteiger partial charge in [0.25, 0.3) is 0 Å². The van der Waals surface area contributed by atoms with E-state index in [-0.39, 0.29) is 0 Å². The molecular weight excluding hydrogens is 657 g/mol. The fourth-order valence-electron chi connectivity index (χ4n) is 8.48. The molecule has 0 spiro atoms. The van der Waals surface area contributed by atoms with Gasteiger partial charge in [-0.05, 0) is 114 Å². The fraction of sp³-hybridized carbons (Fsp3) is 0.385. The number of ether oxygens (including phenoxy) is 2. The molecule has 0 heterocycles. The number of benzene rings is 6. The molecule has 0 aliphatic heterocycles. The van der Waals surface area contributed by atoms with Crippen LogP contribution in [0.2, 0.25) is 0 Å². The first-order valence-electron chi connectivity index (χ1n) is 20.3. The molecule has 2 nitrogen and oxygen atoms in total. The van der Waals surface area contributed by atoms with Crippen molar-refractivity contribution in [3.05, 3.63) is 118 Å². The second-order valence-electron chi connectivity index (χ2n) is 17.2. The van der Waals surface area contributed by atoms with E-state index in [1.807, 2.05) is 14.2 Å². The third-order valence-corrected chi connectivity index (χ3v) is 11.5. The highest BCUT2D eigenvalue weighted by Gasteiger charge is 2.30. The standard InChI is InChI=1S/C52H62O2/c1-29(2)37-25-41(31(5)6)47(42(26-37)32(7)8)45-23-35-19-15-17-21-39(35)49(51(45)53-13)50-40-22-18-16-20-36(40)24-46(52(50)54-14)48-43(33(9)10)27-38(30(3)4)28-44(48)34(11)12/h15-34H,1-14H3. The third kappa shape index (κ3) is 6.94. The Bertz CT molecular complexity index is 2090. The zero-order valence-corrected chi connectivity index (χ0v) is 35.4. The molecule has 0 unspecified atom stereocenters. The lowest BCUT2D eigenvalue weighted by atomic mass is 9.78. The Morgan fingerprint density at radius 2 is 0.648 bits per heavy atom. The van der Waals surface area contributed by atoms with Gasteiger partial charge in [-0.1, -0.05) is 156 Å². The molecule has 0 aliphatic carbocycles. The number of hydrogen-bond acceptors (Lipinski definition) is 2. The second-order valence-corrected chi connectivity index (χ2v) is 17.2. The highest BCUT2D eigenvalue weighted by Crippen LogP contribution is 2.55. The summed E-state index contributed by atoms with van der Waals surface area (Å²) in [4.78, 5) is 0. The van der Waals surface area contributed by atoms with Crippen LogP contribution in [0.3, 0.4) is 0 Å². The van der Waals surface area contributed by atoms with E-state index in [2.05, 4.69) is 168 Å². The van der Waals surface area contributed by atoms with Gasteiger partial charge in [0, 0.05) is 22.3 Å². The van der Waals surface area contributed by atoms with Crippen LogP contribution in [0, 0.1) is 0 Å². The van der Waals surface area contributed by atoms with Crippen LogP contribution in [-0.4, -0.2) is 14.2 Å². The van der Waals surface area contributed by atoms with Crippen LogP contribution >= 0.6 is 0 Å². The monoisotopic (exact) mass is 718 g/mol. The van der Waals surface area contributed by atoms with Crippen molar-refractivity contribution < 1.29 is 9.47 Å². The van der Waals surface area contributed by atoms with Crippen LogP contribution in [0.1, 0.15) is 152 Å². The Labute approximate surface area is 325 Å². The summed E-state index contributed by atoms with van der Waals surface area (Å²) in [6.07, 6.45) is 0. The van der Waals surface area contributed by atoms with E-state index in [0.717, 1.165) is 44.5 Å². The molecule has 0 aromatic heterocycles. The minimum Gasteiger partial charge on any atom is -0.495 e. The molecule has 0 fully saturated rings. The summed E-state index contributed by atoms with van der Waals surface area (Å²) >= 11 is 0. The Morgan fingerprint density at radius 1 is 0.352 bits per heavy atom. The van der Waals surface area contributed by atoms with E-state index in [9.17, 15) is 0 Å². The zero-order valence-electron chi connectivity index (χ0n) is 35.4.